The zero-order valence-corrected chi connectivity index (χ0v) is 23.4. The summed E-state index contributed by atoms with van der Waals surface area (Å²) in [6, 6.07) is 17.1. The molecule has 3 aliphatic rings. The zero-order chi connectivity index (χ0) is 25.8. The molecule has 5 heteroatoms. The lowest BCUT2D eigenvalue weighted by atomic mass is 9.68. The summed E-state index contributed by atoms with van der Waals surface area (Å²) < 4.78 is 0. The highest BCUT2D eigenvalue weighted by Crippen LogP contribution is 2.47. The van der Waals surface area contributed by atoms with Crippen LogP contribution in [-0.4, -0.2) is 44.7 Å². The van der Waals surface area contributed by atoms with Crippen LogP contribution in [0.1, 0.15) is 68.6 Å². The highest BCUT2D eigenvalue weighted by molar-refractivity contribution is 6.33. The number of benzene rings is 2. The Morgan fingerprint density at radius 2 is 1.76 bits per heavy atom. The van der Waals surface area contributed by atoms with E-state index in [1.54, 1.807) is 11.6 Å². The van der Waals surface area contributed by atoms with Gasteiger partial charge in [0.15, 0.2) is 0 Å². The van der Waals surface area contributed by atoms with Crippen LogP contribution in [0.15, 0.2) is 42.5 Å². The lowest BCUT2D eigenvalue weighted by Crippen LogP contribution is -2.53. The molecule has 2 heterocycles. The van der Waals surface area contributed by atoms with E-state index >= 15 is 0 Å². The Kier molecular flexibility index (Phi) is 8.44. The van der Waals surface area contributed by atoms with Gasteiger partial charge in [-0.05, 0) is 99.8 Å². The lowest BCUT2D eigenvalue weighted by Gasteiger charge is -2.47. The van der Waals surface area contributed by atoms with Gasteiger partial charge in [-0.1, -0.05) is 55.6 Å². The van der Waals surface area contributed by atoms with E-state index in [0.717, 1.165) is 37.0 Å². The van der Waals surface area contributed by atoms with E-state index in [4.69, 9.17) is 16.9 Å². The van der Waals surface area contributed by atoms with E-state index < -0.39 is 0 Å². The van der Waals surface area contributed by atoms with Crippen molar-refractivity contribution in [2.75, 3.05) is 44.7 Å². The van der Waals surface area contributed by atoms with E-state index in [0.29, 0.717) is 16.5 Å². The largest absolute Gasteiger partial charge is 0.370 e. The maximum Gasteiger partial charge on any atom is 0.0992 e. The Morgan fingerprint density at radius 1 is 1.03 bits per heavy atom. The Bertz CT molecular complexity index is 1090. The van der Waals surface area contributed by atoms with Crippen LogP contribution < -0.4 is 10.2 Å². The summed E-state index contributed by atoms with van der Waals surface area (Å²) in [4.78, 5) is 5.06. The average Bonchev–Trinajstić information content (AvgIpc) is 3.46. The monoisotopic (exact) mass is 518 g/mol. The molecular weight excluding hydrogens is 476 g/mol. The van der Waals surface area contributed by atoms with Crippen LogP contribution in [0.4, 0.5) is 5.69 Å². The number of aryl methyl sites for hydroxylation is 1. The first-order valence-electron chi connectivity index (χ1n) is 14.5. The van der Waals surface area contributed by atoms with Crippen molar-refractivity contribution in [1.29, 1.82) is 5.26 Å². The number of piperidine rings is 1. The molecule has 37 heavy (non-hydrogen) atoms. The van der Waals surface area contributed by atoms with Crippen molar-refractivity contribution in [2.45, 2.75) is 63.8 Å². The fraction of sp³-hybridized carbons (Fsp3) is 0.594. The molecule has 1 aliphatic carbocycles. The predicted molar refractivity (Wildman–Crippen MR) is 154 cm³/mol. The van der Waals surface area contributed by atoms with Crippen LogP contribution in [-0.2, 0) is 12.0 Å². The number of halogens is 1. The highest BCUT2D eigenvalue weighted by Gasteiger charge is 2.43. The molecule has 0 aromatic heterocycles. The second-order valence-electron chi connectivity index (χ2n) is 11.7. The quantitative estimate of drug-likeness (QED) is 0.405. The molecule has 1 atom stereocenters. The molecule has 1 saturated carbocycles. The van der Waals surface area contributed by atoms with Gasteiger partial charge in [-0.25, -0.2) is 0 Å². The number of anilines is 1. The molecule has 2 aliphatic heterocycles. The maximum absolute atomic E-state index is 9.09. The number of nitriles is 1. The standard InChI is InChI=1S/C32H43ClN4/c1-3-27-8-4-7-11-29(27)32(35-2,28-9-5-6-10-28)19-24-14-16-36(17-15-24)21-26-22-37(23-26)31-13-12-25(20-34)18-30(31)33/h4,7-8,11-13,18,24,26,28,35H,3,5-6,9-10,14-17,19,21-23H2,1-2H3. The molecule has 0 spiro atoms. The SMILES string of the molecule is CCc1ccccc1C(CC1CCN(CC2CN(c3ccc(C#N)cc3Cl)C2)CC1)(NC)C1CCCC1. The first-order chi connectivity index (χ1) is 18.1. The second-order valence-corrected chi connectivity index (χ2v) is 12.1. The normalized spacial score (nSPS) is 21.5. The molecule has 1 unspecified atom stereocenters. The van der Waals surface area contributed by atoms with Crippen LogP contribution in [0.3, 0.4) is 0 Å². The minimum absolute atomic E-state index is 0.116. The van der Waals surface area contributed by atoms with Crippen molar-refractivity contribution in [3.8, 4) is 6.07 Å². The Hall–Kier alpha value is -2.06. The smallest absolute Gasteiger partial charge is 0.0992 e. The van der Waals surface area contributed by atoms with Gasteiger partial charge in [0.2, 0.25) is 0 Å². The fourth-order valence-electron chi connectivity index (χ4n) is 7.53. The number of likely N-dealkylation sites (tertiary alicyclic amines) is 1. The topological polar surface area (TPSA) is 42.3 Å². The van der Waals surface area contributed by atoms with E-state index in [1.165, 1.54) is 70.1 Å². The minimum Gasteiger partial charge on any atom is -0.370 e. The Morgan fingerprint density at radius 3 is 2.41 bits per heavy atom. The molecule has 4 nitrogen and oxygen atoms in total. The fourth-order valence-corrected chi connectivity index (χ4v) is 7.83. The summed E-state index contributed by atoms with van der Waals surface area (Å²) >= 11 is 6.44. The molecule has 5 rings (SSSR count). The van der Waals surface area contributed by atoms with Gasteiger partial charge in [-0.2, -0.15) is 5.26 Å². The summed E-state index contributed by atoms with van der Waals surface area (Å²) in [6.45, 7) is 8.06. The Labute approximate surface area is 229 Å². The first-order valence-corrected chi connectivity index (χ1v) is 14.9. The van der Waals surface area contributed by atoms with Gasteiger partial charge in [-0.15, -0.1) is 0 Å². The number of rotatable bonds is 9. The van der Waals surface area contributed by atoms with Gasteiger partial charge >= 0.3 is 0 Å². The first kappa shape index (κ1) is 26.5. The van der Waals surface area contributed by atoms with Crippen LogP contribution in [0, 0.1) is 29.1 Å². The molecule has 2 aromatic rings. The summed E-state index contributed by atoms with van der Waals surface area (Å²) in [5.41, 5.74) is 4.91. The van der Waals surface area contributed by atoms with Crippen molar-refractivity contribution in [2.24, 2.45) is 17.8 Å². The summed E-state index contributed by atoms with van der Waals surface area (Å²) in [5, 5.41) is 13.7. The number of nitrogens with zero attached hydrogens (tertiary/aromatic N) is 3. The van der Waals surface area contributed by atoms with Gasteiger partial charge in [0.05, 0.1) is 22.3 Å². The van der Waals surface area contributed by atoms with E-state index in [2.05, 4.69) is 59.4 Å². The minimum atomic E-state index is 0.116. The molecule has 0 radical (unpaired) electrons. The van der Waals surface area contributed by atoms with Crippen molar-refractivity contribution in [3.05, 3.63) is 64.2 Å². The maximum atomic E-state index is 9.09. The van der Waals surface area contributed by atoms with Crippen LogP contribution in [0.5, 0.6) is 0 Å². The van der Waals surface area contributed by atoms with Crippen LogP contribution >= 0.6 is 11.6 Å². The predicted octanol–water partition coefficient (Wildman–Crippen LogP) is 6.62. The molecule has 2 aromatic carbocycles. The van der Waals surface area contributed by atoms with E-state index in [9.17, 15) is 0 Å². The van der Waals surface area contributed by atoms with Crippen molar-refractivity contribution in [3.63, 3.8) is 0 Å². The zero-order valence-electron chi connectivity index (χ0n) is 22.7. The van der Waals surface area contributed by atoms with Crippen molar-refractivity contribution < 1.29 is 0 Å². The van der Waals surface area contributed by atoms with Gasteiger partial charge < -0.3 is 15.1 Å². The third-order valence-electron chi connectivity index (χ3n) is 9.59. The van der Waals surface area contributed by atoms with Gasteiger partial charge in [0.25, 0.3) is 0 Å². The van der Waals surface area contributed by atoms with Crippen molar-refractivity contribution in [1.82, 2.24) is 10.2 Å². The third-order valence-corrected chi connectivity index (χ3v) is 9.89. The molecular formula is C32H43ClN4. The number of nitrogens with one attached hydrogen (secondary N) is 1. The molecule has 0 amide bonds. The van der Waals surface area contributed by atoms with Crippen LogP contribution in [0.2, 0.25) is 5.02 Å². The van der Waals surface area contributed by atoms with E-state index in [-0.39, 0.29) is 5.54 Å². The van der Waals surface area contributed by atoms with E-state index in [1.807, 2.05) is 12.1 Å². The number of hydrogen-bond donors (Lipinski definition) is 1. The Balaban J connectivity index is 1.17. The van der Waals surface area contributed by atoms with Crippen molar-refractivity contribution >= 4 is 17.3 Å². The summed E-state index contributed by atoms with van der Waals surface area (Å²) in [6.07, 6.45) is 10.5. The van der Waals surface area contributed by atoms with Crippen LogP contribution in [0.25, 0.3) is 0 Å². The molecule has 3 fully saturated rings. The van der Waals surface area contributed by atoms with Gasteiger partial charge in [0.1, 0.15) is 0 Å². The second kappa shape index (κ2) is 11.8. The molecule has 2 saturated heterocycles. The number of hydrogen-bond acceptors (Lipinski definition) is 4. The summed E-state index contributed by atoms with van der Waals surface area (Å²) in [7, 11) is 2.22. The van der Waals surface area contributed by atoms with Gasteiger partial charge in [-0.3, -0.25) is 0 Å². The molecule has 1 N–H and O–H groups in total. The molecule has 198 valence electrons. The average molecular weight is 519 g/mol. The third kappa shape index (κ3) is 5.56. The highest BCUT2D eigenvalue weighted by atomic mass is 35.5. The lowest BCUT2D eigenvalue weighted by molar-refractivity contribution is 0.107. The molecule has 0 bridgehead atoms. The summed E-state index contributed by atoms with van der Waals surface area (Å²) in [5.74, 6) is 2.23. The van der Waals surface area contributed by atoms with Gasteiger partial charge in [0, 0.05) is 31.1 Å².